The molecule has 1 aliphatic heterocycles. The fourth-order valence-corrected chi connectivity index (χ4v) is 4.74. The van der Waals surface area contributed by atoms with Gasteiger partial charge in [-0.25, -0.2) is 13.2 Å². The first kappa shape index (κ1) is 14.3. The third kappa shape index (κ3) is 2.75. The molecule has 0 radical (unpaired) electrons. The molecule has 1 heterocycles. The maximum absolute atomic E-state index is 12.1. The predicted octanol–water partition coefficient (Wildman–Crippen LogP) is 0.467. The molecule has 7 heteroatoms. The van der Waals surface area contributed by atoms with Crippen molar-refractivity contribution in [2.75, 3.05) is 5.75 Å². The van der Waals surface area contributed by atoms with Gasteiger partial charge in [0.05, 0.1) is 5.75 Å². The average Bonchev–Trinajstić information content (AvgIpc) is 2.78. The van der Waals surface area contributed by atoms with Crippen molar-refractivity contribution in [2.45, 2.75) is 55.7 Å². The summed E-state index contributed by atoms with van der Waals surface area (Å²) in [5.41, 5.74) is -1.26. The summed E-state index contributed by atoms with van der Waals surface area (Å²) in [6.45, 7) is 0. The molecule has 2 rings (SSSR count). The predicted molar refractivity (Wildman–Crippen MR) is 68.4 cm³/mol. The summed E-state index contributed by atoms with van der Waals surface area (Å²) in [5, 5.41) is 10.7. The SMILES string of the molecule is O=C(NC1(C(=O)O)CCCC1)C1CCCCS1(=O)=O. The van der Waals surface area contributed by atoms with E-state index in [4.69, 9.17) is 0 Å². The molecule has 6 nitrogen and oxygen atoms in total. The Bertz CT molecular complexity index is 478. The fraction of sp³-hybridized carbons (Fsp3) is 0.833. The van der Waals surface area contributed by atoms with E-state index in [1.807, 2.05) is 0 Å². The van der Waals surface area contributed by atoms with Crippen LogP contribution in [0.25, 0.3) is 0 Å². The molecule has 0 aromatic carbocycles. The number of rotatable bonds is 3. The molecular weight excluding hydrogens is 270 g/mol. The zero-order chi connectivity index (χ0) is 14.1. The molecule has 1 unspecified atom stereocenters. The van der Waals surface area contributed by atoms with Gasteiger partial charge >= 0.3 is 5.97 Å². The third-order valence-corrected chi connectivity index (χ3v) is 6.27. The Kier molecular flexibility index (Phi) is 3.85. The van der Waals surface area contributed by atoms with Crippen LogP contribution >= 0.6 is 0 Å². The van der Waals surface area contributed by atoms with E-state index in [1.165, 1.54) is 0 Å². The summed E-state index contributed by atoms with van der Waals surface area (Å²) >= 11 is 0. The molecule has 2 N–H and O–H groups in total. The summed E-state index contributed by atoms with van der Waals surface area (Å²) in [6.07, 6.45) is 3.80. The number of carbonyl (C=O) groups is 2. The van der Waals surface area contributed by atoms with E-state index in [1.54, 1.807) is 0 Å². The molecule has 1 saturated heterocycles. The number of hydrogen-bond donors (Lipinski definition) is 2. The van der Waals surface area contributed by atoms with E-state index in [-0.39, 0.29) is 5.75 Å². The molecule has 1 aliphatic carbocycles. The highest BCUT2D eigenvalue weighted by Gasteiger charge is 2.45. The van der Waals surface area contributed by atoms with Crippen LogP contribution < -0.4 is 5.32 Å². The lowest BCUT2D eigenvalue weighted by atomic mass is 9.97. The van der Waals surface area contributed by atoms with Crippen molar-refractivity contribution in [3.05, 3.63) is 0 Å². The number of aliphatic carboxylic acids is 1. The Morgan fingerprint density at radius 2 is 1.74 bits per heavy atom. The maximum atomic E-state index is 12.1. The second-order valence-corrected chi connectivity index (χ2v) is 7.74. The van der Waals surface area contributed by atoms with Gasteiger partial charge in [0, 0.05) is 0 Å². The average molecular weight is 289 g/mol. The van der Waals surface area contributed by atoms with Crippen LogP contribution in [-0.2, 0) is 19.4 Å². The van der Waals surface area contributed by atoms with Crippen LogP contribution in [0.4, 0.5) is 0 Å². The number of sulfone groups is 1. The number of carboxylic acids is 1. The topological polar surface area (TPSA) is 101 Å². The van der Waals surface area contributed by atoms with Crippen molar-refractivity contribution in [1.82, 2.24) is 5.32 Å². The van der Waals surface area contributed by atoms with Crippen LogP contribution in [0, 0.1) is 0 Å². The van der Waals surface area contributed by atoms with Gasteiger partial charge in [-0.05, 0) is 25.7 Å². The van der Waals surface area contributed by atoms with Crippen LogP contribution in [0.3, 0.4) is 0 Å². The van der Waals surface area contributed by atoms with Gasteiger partial charge in [0.25, 0.3) is 0 Å². The molecule has 1 saturated carbocycles. The van der Waals surface area contributed by atoms with Crippen molar-refractivity contribution in [1.29, 1.82) is 0 Å². The summed E-state index contributed by atoms with van der Waals surface area (Å²) in [4.78, 5) is 23.5. The van der Waals surface area contributed by atoms with Crippen LogP contribution in [0.2, 0.25) is 0 Å². The first-order chi connectivity index (χ1) is 8.87. The summed E-state index contributed by atoms with van der Waals surface area (Å²) in [7, 11) is -3.42. The zero-order valence-corrected chi connectivity index (χ0v) is 11.5. The minimum atomic E-state index is -3.42. The number of nitrogens with one attached hydrogen (secondary N) is 1. The van der Waals surface area contributed by atoms with Gasteiger partial charge in [0.2, 0.25) is 5.91 Å². The van der Waals surface area contributed by atoms with E-state index >= 15 is 0 Å². The van der Waals surface area contributed by atoms with Gasteiger partial charge in [0.1, 0.15) is 10.8 Å². The molecular formula is C12H19NO5S. The van der Waals surface area contributed by atoms with Gasteiger partial charge in [-0.2, -0.15) is 0 Å². The molecule has 0 bridgehead atoms. The van der Waals surface area contributed by atoms with E-state index in [2.05, 4.69) is 5.32 Å². The maximum Gasteiger partial charge on any atom is 0.329 e. The van der Waals surface area contributed by atoms with Crippen molar-refractivity contribution in [3.8, 4) is 0 Å². The quantitative estimate of drug-likeness (QED) is 0.786. The van der Waals surface area contributed by atoms with Crippen LogP contribution in [-0.4, -0.2) is 41.9 Å². The van der Waals surface area contributed by atoms with E-state index in [9.17, 15) is 23.1 Å². The van der Waals surface area contributed by atoms with Crippen LogP contribution in [0.1, 0.15) is 44.9 Å². The Morgan fingerprint density at radius 1 is 1.11 bits per heavy atom. The van der Waals surface area contributed by atoms with E-state index in [0.29, 0.717) is 32.1 Å². The largest absolute Gasteiger partial charge is 0.480 e. The Hall–Kier alpha value is -1.11. The summed E-state index contributed by atoms with van der Waals surface area (Å²) in [5.74, 6) is -1.68. The third-order valence-electron chi connectivity index (χ3n) is 4.10. The van der Waals surface area contributed by atoms with E-state index < -0.39 is 32.5 Å². The Balaban J connectivity index is 2.14. The van der Waals surface area contributed by atoms with Crippen LogP contribution in [0.15, 0.2) is 0 Å². The molecule has 0 aromatic rings. The second-order valence-electron chi connectivity index (χ2n) is 5.44. The summed E-state index contributed by atoms with van der Waals surface area (Å²) in [6, 6.07) is 0. The first-order valence-electron chi connectivity index (χ1n) is 6.64. The Morgan fingerprint density at radius 3 is 2.26 bits per heavy atom. The molecule has 0 aromatic heterocycles. The standard InChI is InChI=1S/C12H19NO5S/c14-10(9-5-1-4-8-19(9,17)18)13-12(11(15)16)6-2-3-7-12/h9H,1-8H2,(H,13,14)(H,15,16). The Labute approximate surface area is 112 Å². The summed E-state index contributed by atoms with van der Waals surface area (Å²) < 4.78 is 23.7. The highest BCUT2D eigenvalue weighted by atomic mass is 32.2. The van der Waals surface area contributed by atoms with Crippen molar-refractivity contribution in [3.63, 3.8) is 0 Å². The lowest BCUT2D eigenvalue weighted by Gasteiger charge is -2.29. The lowest BCUT2D eigenvalue weighted by molar-refractivity contribution is -0.147. The van der Waals surface area contributed by atoms with Crippen molar-refractivity contribution in [2.24, 2.45) is 0 Å². The molecule has 108 valence electrons. The van der Waals surface area contributed by atoms with E-state index in [0.717, 1.165) is 12.8 Å². The smallest absolute Gasteiger partial charge is 0.329 e. The normalized spacial score (nSPS) is 28.7. The van der Waals surface area contributed by atoms with Gasteiger partial charge in [0.15, 0.2) is 9.84 Å². The number of amides is 1. The fourth-order valence-electron chi connectivity index (χ4n) is 2.94. The van der Waals surface area contributed by atoms with Gasteiger partial charge < -0.3 is 10.4 Å². The second kappa shape index (κ2) is 5.11. The number of carboxylic acid groups (broad SMARTS) is 1. The molecule has 0 spiro atoms. The molecule has 2 fully saturated rings. The van der Waals surface area contributed by atoms with Crippen molar-refractivity contribution >= 4 is 21.7 Å². The zero-order valence-electron chi connectivity index (χ0n) is 10.7. The monoisotopic (exact) mass is 289 g/mol. The molecule has 1 amide bonds. The first-order valence-corrected chi connectivity index (χ1v) is 8.36. The highest BCUT2D eigenvalue weighted by molar-refractivity contribution is 7.92. The highest BCUT2D eigenvalue weighted by Crippen LogP contribution is 2.31. The van der Waals surface area contributed by atoms with Gasteiger partial charge in [-0.3, -0.25) is 4.79 Å². The molecule has 1 atom stereocenters. The van der Waals surface area contributed by atoms with Gasteiger partial charge in [-0.15, -0.1) is 0 Å². The van der Waals surface area contributed by atoms with Gasteiger partial charge in [-0.1, -0.05) is 19.3 Å². The van der Waals surface area contributed by atoms with Crippen LogP contribution in [0.5, 0.6) is 0 Å². The minimum absolute atomic E-state index is 0.0190. The molecule has 2 aliphatic rings. The minimum Gasteiger partial charge on any atom is -0.480 e. The number of carbonyl (C=O) groups excluding carboxylic acids is 1. The number of hydrogen-bond acceptors (Lipinski definition) is 4. The van der Waals surface area contributed by atoms with Crippen molar-refractivity contribution < 1.29 is 23.1 Å². The lowest BCUT2D eigenvalue weighted by Crippen LogP contribution is -2.56. The molecule has 19 heavy (non-hydrogen) atoms.